The van der Waals surface area contributed by atoms with Crippen LogP contribution in [0.4, 0.5) is 0 Å². The average molecular weight is 284 g/mol. The van der Waals surface area contributed by atoms with Crippen LogP contribution < -0.4 is 5.32 Å². The average Bonchev–Trinajstić information content (AvgIpc) is 3.00. The summed E-state index contributed by atoms with van der Waals surface area (Å²) in [6.45, 7) is 8.52. The van der Waals surface area contributed by atoms with Gasteiger partial charge in [-0.2, -0.15) is 0 Å². The Morgan fingerprint density at radius 1 is 1.24 bits per heavy atom. The van der Waals surface area contributed by atoms with E-state index in [2.05, 4.69) is 70.1 Å². The molecule has 0 amide bonds. The minimum atomic E-state index is 0.359. The minimum Gasteiger partial charge on any atom is -0.333 e. The lowest BCUT2D eigenvalue weighted by atomic mass is 9.98. The molecule has 2 atom stereocenters. The van der Waals surface area contributed by atoms with Gasteiger partial charge in [-0.25, -0.2) is 4.98 Å². The number of likely N-dealkylation sites (N-methyl/N-ethyl adjacent to an activating group) is 1. The lowest BCUT2D eigenvalue weighted by Crippen LogP contribution is -2.46. The molecule has 2 aromatic rings. The Kier molecular flexibility index (Phi) is 4.36. The summed E-state index contributed by atoms with van der Waals surface area (Å²) in [7, 11) is 0. The quantitative estimate of drug-likeness (QED) is 0.915. The van der Waals surface area contributed by atoms with Crippen LogP contribution in [-0.2, 0) is 13.1 Å². The van der Waals surface area contributed by atoms with Crippen molar-refractivity contribution in [2.75, 3.05) is 13.1 Å². The molecular formula is C17H24N4. The van der Waals surface area contributed by atoms with Crippen molar-refractivity contribution < 1.29 is 0 Å². The molecule has 2 unspecified atom stereocenters. The summed E-state index contributed by atoms with van der Waals surface area (Å²) in [5.74, 6) is 1.18. The highest BCUT2D eigenvalue weighted by atomic mass is 15.3. The maximum Gasteiger partial charge on any atom is 0.122 e. The number of nitrogens with zero attached hydrogens (tertiary/aromatic N) is 3. The maximum atomic E-state index is 4.47. The van der Waals surface area contributed by atoms with Crippen molar-refractivity contribution in [1.29, 1.82) is 0 Å². The summed E-state index contributed by atoms with van der Waals surface area (Å²) < 4.78 is 2.26. The summed E-state index contributed by atoms with van der Waals surface area (Å²) >= 11 is 0. The van der Waals surface area contributed by atoms with E-state index >= 15 is 0 Å². The van der Waals surface area contributed by atoms with Crippen LogP contribution in [0.2, 0.25) is 0 Å². The summed E-state index contributed by atoms with van der Waals surface area (Å²) in [5.41, 5.74) is 1.36. The number of hydrogen-bond acceptors (Lipinski definition) is 3. The van der Waals surface area contributed by atoms with Gasteiger partial charge in [-0.15, -0.1) is 0 Å². The van der Waals surface area contributed by atoms with Crippen LogP contribution >= 0.6 is 0 Å². The van der Waals surface area contributed by atoms with Gasteiger partial charge >= 0.3 is 0 Å². The van der Waals surface area contributed by atoms with E-state index in [0.29, 0.717) is 12.1 Å². The highest BCUT2D eigenvalue weighted by Crippen LogP contribution is 2.24. The summed E-state index contributed by atoms with van der Waals surface area (Å²) in [6.07, 6.45) is 3.98. The van der Waals surface area contributed by atoms with Crippen molar-refractivity contribution in [3.63, 3.8) is 0 Å². The van der Waals surface area contributed by atoms with Gasteiger partial charge in [-0.1, -0.05) is 37.3 Å². The van der Waals surface area contributed by atoms with Gasteiger partial charge in [0, 0.05) is 37.6 Å². The Hall–Kier alpha value is -1.65. The van der Waals surface area contributed by atoms with Gasteiger partial charge in [0.1, 0.15) is 5.82 Å². The van der Waals surface area contributed by atoms with Crippen molar-refractivity contribution in [1.82, 2.24) is 19.8 Å². The molecular weight excluding hydrogens is 260 g/mol. The van der Waals surface area contributed by atoms with E-state index in [-0.39, 0.29) is 0 Å². The number of fused-ring (bicyclic) bond motifs is 1. The molecule has 21 heavy (non-hydrogen) atoms. The van der Waals surface area contributed by atoms with Crippen LogP contribution in [0.1, 0.15) is 31.3 Å². The molecule has 4 nitrogen and oxygen atoms in total. The molecule has 0 radical (unpaired) electrons. The number of aromatic nitrogens is 2. The van der Waals surface area contributed by atoms with Crippen molar-refractivity contribution in [3.05, 3.63) is 54.1 Å². The van der Waals surface area contributed by atoms with E-state index in [1.807, 2.05) is 6.20 Å². The molecule has 3 rings (SSSR count). The van der Waals surface area contributed by atoms with Crippen LogP contribution in [-0.4, -0.2) is 33.6 Å². The van der Waals surface area contributed by atoms with Gasteiger partial charge in [0.2, 0.25) is 0 Å². The van der Waals surface area contributed by atoms with Crippen LogP contribution in [0.5, 0.6) is 0 Å². The van der Waals surface area contributed by atoms with Crippen molar-refractivity contribution in [3.8, 4) is 0 Å². The normalized spacial score (nSPS) is 18.2. The van der Waals surface area contributed by atoms with Crippen molar-refractivity contribution in [2.24, 2.45) is 0 Å². The molecule has 1 aromatic carbocycles. The second-order valence-corrected chi connectivity index (χ2v) is 5.69. The van der Waals surface area contributed by atoms with Gasteiger partial charge in [0.05, 0.1) is 6.54 Å². The smallest absolute Gasteiger partial charge is 0.122 e. The first-order valence-corrected chi connectivity index (χ1v) is 7.82. The third-order valence-corrected chi connectivity index (χ3v) is 4.42. The maximum absolute atomic E-state index is 4.47. The van der Waals surface area contributed by atoms with Crippen LogP contribution in [0.25, 0.3) is 0 Å². The lowest BCUT2D eigenvalue weighted by Gasteiger charge is -2.37. The number of benzene rings is 1. The summed E-state index contributed by atoms with van der Waals surface area (Å²) in [5, 5.41) is 3.64. The molecule has 1 N–H and O–H groups in total. The largest absolute Gasteiger partial charge is 0.333 e. The summed E-state index contributed by atoms with van der Waals surface area (Å²) in [6, 6.07) is 11.6. The molecule has 1 aromatic heterocycles. The highest BCUT2D eigenvalue weighted by molar-refractivity contribution is 5.20. The summed E-state index contributed by atoms with van der Waals surface area (Å²) in [4.78, 5) is 7.00. The highest BCUT2D eigenvalue weighted by Gasteiger charge is 2.27. The Labute approximate surface area is 126 Å². The molecule has 0 spiro atoms. The standard InChI is InChI=1S/C17H24N4/c1-3-18-17(15-7-5-4-6-8-15)14(2)21-12-11-20-10-9-19-16(20)13-21/h4-10,14,17-18H,3,11-13H2,1-2H3. The van der Waals surface area contributed by atoms with Crippen LogP contribution in [0, 0.1) is 0 Å². The second-order valence-electron chi connectivity index (χ2n) is 5.69. The molecule has 0 fully saturated rings. The van der Waals surface area contributed by atoms with Gasteiger partial charge in [-0.3, -0.25) is 4.90 Å². The number of imidazole rings is 1. The molecule has 4 heteroatoms. The van der Waals surface area contributed by atoms with E-state index in [1.54, 1.807) is 0 Å². The van der Waals surface area contributed by atoms with E-state index in [9.17, 15) is 0 Å². The molecule has 0 saturated heterocycles. The van der Waals surface area contributed by atoms with Crippen LogP contribution in [0.15, 0.2) is 42.7 Å². The molecule has 0 saturated carbocycles. The van der Waals surface area contributed by atoms with Gasteiger partial charge in [0.15, 0.2) is 0 Å². The predicted octanol–water partition coefficient (Wildman–Crippen LogP) is 2.44. The van der Waals surface area contributed by atoms with Crippen molar-refractivity contribution in [2.45, 2.75) is 39.0 Å². The minimum absolute atomic E-state index is 0.359. The van der Waals surface area contributed by atoms with E-state index in [4.69, 9.17) is 0 Å². The first-order chi connectivity index (χ1) is 10.3. The Balaban J connectivity index is 1.77. The van der Waals surface area contributed by atoms with Crippen molar-refractivity contribution >= 4 is 0 Å². The van der Waals surface area contributed by atoms with E-state index < -0.39 is 0 Å². The van der Waals surface area contributed by atoms with E-state index in [0.717, 1.165) is 26.2 Å². The Morgan fingerprint density at radius 2 is 2.05 bits per heavy atom. The number of rotatable bonds is 5. The Morgan fingerprint density at radius 3 is 2.81 bits per heavy atom. The third kappa shape index (κ3) is 3.01. The molecule has 1 aliphatic rings. The molecule has 1 aliphatic heterocycles. The number of hydrogen-bond donors (Lipinski definition) is 1. The molecule has 0 aliphatic carbocycles. The SMILES string of the molecule is CCNC(c1ccccc1)C(C)N1CCn2ccnc2C1. The fourth-order valence-corrected chi connectivity index (χ4v) is 3.20. The fraction of sp³-hybridized carbons (Fsp3) is 0.471. The third-order valence-electron chi connectivity index (χ3n) is 4.42. The van der Waals surface area contributed by atoms with Gasteiger partial charge < -0.3 is 9.88 Å². The monoisotopic (exact) mass is 284 g/mol. The molecule has 2 heterocycles. The zero-order valence-corrected chi connectivity index (χ0v) is 12.9. The van der Waals surface area contributed by atoms with Gasteiger partial charge in [0.25, 0.3) is 0 Å². The molecule has 112 valence electrons. The second kappa shape index (κ2) is 6.41. The van der Waals surface area contributed by atoms with E-state index in [1.165, 1.54) is 11.4 Å². The fourth-order valence-electron chi connectivity index (χ4n) is 3.20. The predicted molar refractivity (Wildman–Crippen MR) is 85.0 cm³/mol. The first-order valence-electron chi connectivity index (χ1n) is 7.82. The first kappa shape index (κ1) is 14.3. The van der Waals surface area contributed by atoms with Crippen LogP contribution in [0.3, 0.4) is 0 Å². The zero-order valence-electron chi connectivity index (χ0n) is 12.9. The lowest BCUT2D eigenvalue weighted by molar-refractivity contribution is 0.132. The number of nitrogens with one attached hydrogen (secondary N) is 1. The Bertz CT molecular complexity index is 563. The van der Waals surface area contributed by atoms with Gasteiger partial charge in [-0.05, 0) is 19.0 Å². The molecule has 0 bridgehead atoms. The topological polar surface area (TPSA) is 33.1 Å². The zero-order chi connectivity index (χ0) is 14.7.